The summed E-state index contributed by atoms with van der Waals surface area (Å²) in [5.41, 5.74) is 1.32. The normalized spacial score (nSPS) is 11.9. The molecule has 108 valence electrons. The van der Waals surface area contributed by atoms with Crippen molar-refractivity contribution < 1.29 is 13.2 Å². The second-order valence-electron chi connectivity index (χ2n) is 4.69. The van der Waals surface area contributed by atoms with E-state index in [9.17, 15) is 13.2 Å². The first-order valence-electron chi connectivity index (χ1n) is 6.62. The van der Waals surface area contributed by atoms with E-state index in [1.54, 1.807) is 6.07 Å². The first kappa shape index (κ1) is 14.6. The molecule has 20 heavy (non-hydrogen) atoms. The number of hydrogen-bond donors (Lipinski definition) is 1. The molecule has 0 fully saturated rings. The van der Waals surface area contributed by atoms with Crippen molar-refractivity contribution >= 4 is 16.6 Å². The molecule has 0 aliphatic rings. The molecule has 1 aromatic heterocycles. The van der Waals surface area contributed by atoms with Crippen LogP contribution in [0.5, 0.6) is 0 Å². The van der Waals surface area contributed by atoms with E-state index in [1.807, 2.05) is 26.0 Å². The highest BCUT2D eigenvalue weighted by Crippen LogP contribution is 2.37. The molecule has 0 radical (unpaired) electrons. The zero-order chi connectivity index (χ0) is 14.9. The highest BCUT2D eigenvalue weighted by molar-refractivity contribution is 5.94. The number of alkyl halides is 3. The zero-order valence-corrected chi connectivity index (χ0v) is 11.7. The lowest BCUT2D eigenvalue weighted by molar-refractivity contribution is -0.141. The fourth-order valence-electron chi connectivity index (χ4n) is 2.31. The number of rotatable bonds is 3. The topological polar surface area (TPSA) is 24.9 Å². The molecule has 0 saturated heterocycles. The van der Waals surface area contributed by atoms with Gasteiger partial charge in [0.15, 0.2) is 0 Å². The van der Waals surface area contributed by atoms with Crippen LogP contribution in [0.1, 0.15) is 30.7 Å². The Labute approximate surface area is 116 Å². The summed E-state index contributed by atoms with van der Waals surface area (Å²) in [5.74, 6) is 0. The van der Waals surface area contributed by atoms with Crippen LogP contribution in [0.4, 0.5) is 18.9 Å². The first-order valence-corrected chi connectivity index (χ1v) is 6.62. The maximum Gasteiger partial charge on any atom is 0.433 e. The minimum absolute atomic E-state index is 0.153. The van der Waals surface area contributed by atoms with Crippen LogP contribution in [-0.4, -0.2) is 11.5 Å². The van der Waals surface area contributed by atoms with Crippen LogP contribution in [0, 0.1) is 6.92 Å². The number of benzene rings is 1. The Bertz CT molecular complexity index is 633. The number of aromatic nitrogens is 1. The maximum atomic E-state index is 13.1. The van der Waals surface area contributed by atoms with Crippen LogP contribution in [0.2, 0.25) is 0 Å². The summed E-state index contributed by atoms with van der Waals surface area (Å²) in [4.78, 5) is 3.80. The van der Waals surface area contributed by atoms with Crippen LogP contribution in [0.15, 0.2) is 18.2 Å². The number of anilines is 1. The van der Waals surface area contributed by atoms with Crippen LogP contribution in [0.3, 0.4) is 0 Å². The van der Waals surface area contributed by atoms with E-state index >= 15 is 0 Å². The van der Waals surface area contributed by atoms with Crippen LogP contribution >= 0.6 is 0 Å². The Morgan fingerprint density at radius 1 is 1.20 bits per heavy atom. The van der Waals surface area contributed by atoms with Gasteiger partial charge in [0.25, 0.3) is 0 Å². The van der Waals surface area contributed by atoms with Gasteiger partial charge in [-0.3, -0.25) is 0 Å². The maximum absolute atomic E-state index is 13.1. The second kappa shape index (κ2) is 5.31. The molecule has 5 heteroatoms. The Morgan fingerprint density at radius 3 is 2.45 bits per heavy atom. The number of hydrogen-bond acceptors (Lipinski definition) is 2. The van der Waals surface area contributed by atoms with E-state index < -0.39 is 11.9 Å². The fraction of sp³-hybridized carbons (Fsp3) is 0.400. The van der Waals surface area contributed by atoms with E-state index in [0.717, 1.165) is 17.4 Å². The van der Waals surface area contributed by atoms with Crippen molar-refractivity contribution in [2.75, 3.05) is 11.9 Å². The van der Waals surface area contributed by atoms with Gasteiger partial charge in [0.05, 0.1) is 5.52 Å². The van der Waals surface area contributed by atoms with E-state index in [4.69, 9.17) is 0 Å². The molecule has 0 spiro atoms. The van der Waals surface area contributed by atoms with Crippen molar-refractivity contribution in [1.82, 2.24) is 4.98 Å². The Morgan fingerprint density at radius 2 is 1.90 bits per heavy atom. The molecular weight excluding hydrogens is 265 g/mol. The third kappa shape index (κ3) is 2.57. The average Bonchev–Trinajstić information content (AvgIpc) is 2.40. The predicted octanol–water partition coefficient (Wildman–Crippen LogP) is 4.56. The van der Waals surface area contributed by atoms with Gasteiger partial charge in [-0.25, -0.2) is 4.98 Å². The molecule has 0 aliphatic carbocycles. The number of aryl methyl sites for hydroxylation is 1. The molecule has 2 aromatic rings. The molecular formula is C15H17F3N2. The predicted molar refractivity (Wildman–Crippen MR) is 75.0 cm³/mol. The van der Waals surface area contributed by atoms with Gasteiger partial charge in [0.2, 0.25) is 0 Å². The van der Waals surface area contributed by atoms with Crippen LogP contribution in [-0.2, 0) is 12.6 Å². The van der Waals surface area contributed by atoms with E-state index in [0.29, 0.717) is 17.7 Å². The average molecular weight is 282 g/mol. The zero-order valence-electron chi connectivity index (χ0n) is 11.7. The monoisotopic (exact) mass is 282 g/mol. The molecule has 0 aliphatic heterocycles. The van der Waals surface area contributed by atoms with Gasteiger partial charge in [-0.05, 0) is 38.0 Å². The lowest BCUT2D eigenvalue weighted by atomic mass is 10.0. The van der Waals surface area contributed by atoms with Gasteiger partial charge in [0, 0.05) is 23.2 Å². The molecule has 1 N–H and O–H groups in total. The molecule has 2 nitrogen and oxygen atoms in total. The van der Waals surface area contributed by atoms with Gasteiger partial charge >= 0.3 is 6.18 Å². The molecule has 1 aromatic carbocycles. The van der Waals surface area contributed by atoms with E-state index in [1.165, 1.54) is 6.92 Å². The number of nitrogens with one attached hydrogen (secondary N) is 1. The van der Waals surface area contributed by atoms with Crippen molar-refractivity contribution in [1.29, 1.82) is 0 Å². The second-order valence-corrected chi connectivity index (χ2v) is 4.69. The van der Waals surface area contributed by atoms with Crippen molar-refractivity contribution in [2.45, 2.75) is 33.4 Å². The van der Waals surface area contributed by atoms with E-state index in [2.05, 4.69) is 10.3 Å². The fourth-order valence-corrected chi connectivity index (χ4v) is 2.31. The summed E-state index contributed by atoms with van der Waals surface area (Å²) in [7, 11) is 0. The lowest BCUT2D eigenvalue weighted by Gasteiger charge is -2.17. The minimum atomic E-state index is -4.44. The number of nitrogens with zero attached hydrogens (tertiary/aromatic N) is 1. The van der Waals surface area contributed by atoms with Crippen molar-refractivity contribution in [3.8, 4) is 0 Å². The summed E-state index contributed by atoms with van der Waals surface area (Å²) in [6.45, 7) is 5.90. The Kier molecular flexibility index (Phi) is 3.88. The third-order valence-electron chi connectivity index (χ3n) is 3.32. The standard InChI is InChI=1S/C15H17F3N2/c1-4-10-6-7-12-11(8-10)13(19-5-2)9(3)14(20-12)15(16,17)18/h6-8H,4-5H2,1-3H3,(H,19,20). The number of halogens is 3. The summed E-state index contributed by atoms with van der Waals surface area (Å²) < 4.78 is 39.2. The summed E-state index contributed by atoms with van der Waals surface area (Å²) in [6, 6.07) is 5.39. The van der Waals surface area contributed by atoms with Crippen molar-refractivity contribution in [2.24, 2.45) is 0 Å². The molecule has 0 bridgehead atoms. The van der Waals surface area contributed by atoms with Gasteiger partial charge in [-0.2, -0.15) is 13.2 Å². The summed E-state index contributed by atoms with van der Waals surface area (Å²) >= 11 is 0. The largest absolute Gasteiger partial charge is 0.433 e. The van der Waals surface area contributed by atoms with Gasteiger partial charge < -0.3 is 5.32 Å². The highest BCUT2D eigenvalue weighted by atomic mass is 19.4. The Hall–Kier alpha value is -1.78. The Balaban J connectivity index is 2.80. The summed E-state index contributed by atoms with van der Waals surface area (Å²) in [5, 5.41) is 3.79. The van der Waals surface area contributed by atoms with Crippen molar-refractivity contribution in [3.05, 3.63) is 35.0 Å². The quantitative estimate of drug-likeness (QED) is 0.893. The molecule has 0 unspecified atom stereocenters. The van der Waals surface area contributed by atoms with Crippen molar-refractivity contribution in [3.63, 3.8) is 0 Å². The molecule has 0 saturated carbocycles. The molecule has 1 heterocycles. The smallest absolute Gasteiger partial charge is 0.385 e. The van der Waals surface area contributed by atoms with Gasteiger partial charge in [-0.15, -0.1) is 0 Å². The SMILES string of the molecule is CCNc1c(C)c(C(F)(F)F)nc2ccc(CC)cc12. The number of fused-ring (bicyclic) bond motifs is 1. The lowest BCUT2D eigenvalue weighted by Crippen LogP contribution is -2.13. The van der Waals surface area contributed by atoms with Gasteiger partial charge in [0.1, 0.15) is 5.69 Å². The van der Waals surface area contributed by atoms with Crippen LogP contribution < -0.4 is 5.32 Å². The first-order chi connectivity index (χ1) is 9.38. The number of pyridine rings is 1. The molecule has 2 rings (SSSR count). The third-order valence-corrected chi connectivity index (χ3v) is 3.32. The minimum Gasteiger partial charge on any atom is -0.385 e. The highest BCUT2D eigenvalue weighted by Gasteiger charge is 2.36. The molecule has 0 amide bonds. The van der Waals surface area contributed by atoms with Crippen LogP contribution in [0.25, 0.3) is 10.9 Å². The summed E-state index contributed by atoms with van der Waals surface area (Å²) in [6.07, 6.45) is -3.60. The van der Waals surface area contributed by atoms with Gasteiger partial charge in [-0.1, -0.05) is 13.0 Å². The molecule has 0 atom stereocenters. The van der Waals surface area contributed by atoms with E-state index in [-0.39, 0.29) is 5.56 Å².